The first-order valence-electron chi connectivity index (χ1n) is 7.37. The van der Waals surface area contributed by atoms with E-state index in [9.17, 15) is 13.2 Å². The third-order valence-electron chi connectivity index (χ3n) is 3.21. The van der Waals surface area contributed by atoms with Crippen molar-refractivity contribution in [2.75, 3.05) is 24.1 Å². The molecular weight excluding hydrogens is 318 g/mol. The zero-order chi connectivity index (χ0) is 17.6. The molecule has 0 bridgehead atoms. The van der Waals surface area contributed by atoms with Gasteiger partial charge in [0.1, 0.15) is 11.5 Å². The summed E-state index contributed by atoms with van der Waals surface area (Å²) in [5.74, 6) is -0.483. The number of likely N-dealkylation sites (N-methyl/N-ethyl adjacent to an activating group) is 1. The van der Waals surface area contributed by atoms with Crippen LogP contribution in [0.5, 0.6) is 5.75 Å². The monoisotopic (exact) mass is 343 g/mol. The van der Waals surface area contributed by atoms with Crippen molar-refractivity contribution < 1.29 is 17.9 Å². The van der Waals surface area contributed by atoms with Crippen LogP contribution in [-0.4, -0.2) is 50.7 Å². The van der Waals surface area contributed by atoms with Gasteiger partial charge in [0.2, 0.25) is 15.9 Å². The molecule has 130 valence electrons. The molecule has 8 heteroatoms. The Bertz CT molecular complexity index is 614. The molecule has 1 aromatic carbocycles. The van der Waals surface area contributed by atoms with Gasteiger partial charge < -0.3 is 15.4 Å². The summed E-state index contributed by atoms with van der Waals surface area (Å²) in [6, 6.07) is 6.30. The van der Waals surface area contributed by atoms with Gasteiger partial charge in [0, 0.05) is 25.3 Å². The molecule has 0 saturated heterocycles. The number of benzene rings is 1. The van der Waals surface area contributed by atoms with E-state index in [4.69, 9.17) is 10.5 Å². The van der Waals surface area contributed by atoms with E-state index in [1.54, 1.807) is 31.2 Å². The second-order valence-corrected chi connectivity index (χ2v) is 7.36. The van der Waals surface area contributed by atoms with Gasteiger partial charge in [0.25, 0.3) is 0 Å². The normalized spacial score (nSPS) is 12.8. The number of sulfonamides is 1. The summed E-state index contributed by atoms with van der Waals surface area (Å²) in [7, 11) is -2.24. The lowest BCUT2D eigenvalue weighted by Crippen LogP contribution is -2.43. The van der Waals surface area contributed by atoms with Gasteiger partial charge in [-0.1, -0.05) is 0 Å². The molecule has 1 atom stereocenters. The van der Waals surface area contributed by atoms with Crippen molar-refractivity contribution in [3.8, 4) is 5.75 Å². The van der Waals surface area contributed by atoms with Crippen molar-refractivity contribution >= 4 is 21.6 Å². The number of rotatable bonds is 8. The van der Waals surface area contributed by atoms with Gasteiger partial charge in [-0.25, -0.2) is 8.42 Å². The van der Waals surface area contributed by atoms with Gasteiger partial charge >= 0.3 is 0 Å². The van der Waals surface area contributed by atoms with E-state index in [2.05, 4.69) is 4.72 Å². The number of amides is 1. The SMILES string of the molecule is CC(C)Oc1ccc(NS(=O)(=O)CC(=O)N(C)C(C)CN)cc1. The summed E-state index contributed by atoms with van der Waals surface area (Å²) in [5.41, 5.74) is 5.85. The van der Waals surface area contributed by atoms with Crippen molar-refractivity contribution in [2.24, 2.45) is 5.73 Å². The van der Waals surface area contributed by atoms with E-state index < -0.39 is 21.7 Å². The quantitative estimate of drug-likeness (QED) is 0.734. The second kappa shape index (κ2) is 8.16. The van der Waals surface area contributed by atoms with Crippen LogP contribution in [0.4, 0.5) is 5.69 Å². The number of nitrogens with one attached hydrogen (secondary N) is 1. The first-order chi connectivity index (χ1) is 10.6. The molecule has 0 aliphatic carbocycles. The molecule has 0 spiro atoms. The zero-order valence-electron chi connectivity index (χ0n) is 13.9. The summed E-state index contributed by atoms with van der Waals surface area (Å²) in [5, 5.41) is 0. The van der Waals surface area contributed by atoms with Crippen molar-refractivity contribution in [3.05, 3.63) is 24.3 Å². The summed E-state index contributed by atoms with van der Waals surface area (Å²) in [6.07, 6.45) is 0.0373. The number of ether oxygens (including phenoxy) is 1. The first-order valence-corrected chi connectivity index (χ1v) is 9.02. The van der Waals surface area contributed by atoms with Crippen LogP contribution in [-0.2, 0) is 14.8 Å². The number of anilines is 1. The lowest BCUT2D eigenvalue weighted by Gasteiger charge is -2.23. The number of hydrogen-bond donors (Lipinski definition) is 2. The van der Waals surface area contributed by atoms with E-state index >= 15 is 0 Å². The highest BCUT2D eigenvalue weighted by Gasteiger charge is 2.22. The molecule has 0 heterocycles. The molecule has 1 aromatic rings. The Hall–Kier alpha value is -1.80. The Labute approximate surface area is 137 Å². The van der Waals surface area contributed by atoms with Crippen molar-refractivity contribution in [2.45, 2.75) is 32.9 Å². The van der Waals surface area contributed by atoms with Gasteiger partial charge in [-0.15, -0.1) is 0 Å². The maximum absolute atomic E-state index is 12.1. The van der Waals surface area contributed by atoms with Crippen LogP contribution in [0.2, 0.25) is 0 Å². The molecule has 1 unspecified atom stereocenters. The van der Waals surface area contributed by atoms with Crippen LogP contribution < -0.4 is 15.2 Å². The van der Waals surface area contributed by atoms with Crippen LogP contribution in [0.1, 0.15) is 20.8 Å². The summed E-state index contributed by atoms with van der Waals surface area (Å²) >= 11 is 0. The molecular formula is C15H25N3O4S. The smallest absolute Gasteiger partial charge is 0.241 e. The predicted molar refractivity (Wildman–Crippen MR) is 90.9 cm³/mol. The van der Waals surface area contributed by atoms with E-state index in [-0.39, 0.29) is 18.7 Å². The standard InChI is InChI=1S/C15H25N3O4S/c1-11(2)22-14-7-5-13(6-8-14)17-23(20,21)10-15(19)18(4)12(3)9-16/h5-8,11-12,17H,9-10,16H2,1-4H3. The number of hydrogen-bond acceptors (Lipinski definition) is 5. The van der Waals surface area contributed by atoms with E-state index in [0.717, 1.165) is 0 Å². The van der Waals surface area contributed by atoms with Gasteiger partial charge in [-0.05, 0) is 45.0 Å². The molecule has 1 amide bonds. The largest absolute Gasteiger partial charge is 0.491 e. The first kappa shape index (κ1) is 19.2. The van der Waals surface area contributed by atoms with Crippen LogP contribution in [0.15, 0.2) is 24.3 Å². The minimum absolute atomic E-state index is 0.0373. The second-order valence-electron chi connectivity index (χ2n) is 5.64. The Kier molecular flexibility index (Phi) is 6.83. The molecule has 3 N–H and O–H groups in total. The van der Waals surface area contributed by atoms with Gasteiger partial charge in [-0.3, -0.25) is 9.52 Å². The molecule has 0 saturated carbocycles. The van der Waals surface area contributed by atoms with E-state index in [0.29, 0.717) is 11.4 Å². The highest BCUT2D eigenvalue weighted by molar-refractivity contribution is 7.93. The Balaban J connectivity index is 2.69. The maximum Gasteiger partial charge on any atom is 0.241 e. The van der Waals surface area contributed by atoms with E-state index in [1.165, 1.54) is 11.9 Å². The van der Waals surface area contributed by atoms with Crippen LogP contribution >= 0.6 is 0 Å². The third-order valence-corrected chi connectivity index (χ3v) is 4.38. The molecule has 0 radical (unpaired) electrons. The number of carbonyl (C=O) groups is 1. The lowest BCUT2D eigenvalue weighted by atomic mass is 10.3. The molecule has 0 aromatic heterocycles. The van der Waals surface area contributed by atoms with Gasteiger partial charge in [0.15, 0.2) is 0 Å². The van der Waals surface area contributed by atoms with Crippen molar-refractivity contribution in [3.63, 3.8) is 0 Å². The van der Waals surface area contributed by atoms with Crippen LogP contribution in [0.3, 0.4) is 0 Å². The topological polar surface area (TPSA) is 102 Å². The lowest BCUT2D eigenvalue weighted by molar-refractivity contribution is -0.128. The molecule has 1 rings (SSSR count). The fourth-order valence-electron chi connectivity index (χ4n) is 1.76. The fraction of sp³-hybridized carbons (Fsp3) is 0.533. The molecule has 0 fully saturated rings. The summed E-state index contributed by atoms with van der Waals surface area (Å²) < 4.78 is 32.0. The molecule has 23 heavy (non-hydrogen) atoms. The van der Waals surface area contributed by atoms with Gasteiger partial charge in [-0.2, -0.15) is 0 Å². The van der Waals surface area contributed by atoms with Crippen molar-refractivity contribution in [1.82, 2.24) is 4.90 Å². The minimum atomic E-state index is -3.78. The Morgan fingerprint density at radius 2 is 1.83 bits per heavy atom. The average molecular weight is 343 g/mol. The summed E-state index contributed by atoms with van der Waals surface area (Å²) in [6.45, 7) is 5.83. The average Bonchev–Trinajstić information content (AvgIpc) is 2.46. The Morgan fingerprint density at radius 1 is 1.26 bits per heavy atom. The maximum atomic E-state index is 12.1. The third kappa shape index (κ3) is 6.45. The van der Waals surface area contributed by atoms with Crippen LogP contribution in [0.25, 0.3) is 0 Å². The van der Waals surface area contributed by atoms with Gasteiger partial charge in [0.05, 0.1) is 6.10 Å². The van der Waals surface area contributed by atoms with E-state index in [1.807, 2.05) is 13.8 Å². The minimum Gasteiger partial charge on any atom is -0.491 e. The zero-order valence-corrected chi connectivity index (χ0v) is 14.8. The molecule has 7 nitrogen and oxygen atoms in total. The highest BCUT2D eigenvalue weighted by atomic mass is 32.2. The number of nitrogens with zero attached hydrogens (tertiary/aromatic N) is 1. The number of carbonyl (C=O) groups excluding carboxylic acids is 1. The fourth-order valence-corrected chi connectivity index (χ4v) is 2.85. The summed E-state index contributed by atoms with van der Waals surface area (Å²) in [4.78, 5) is 13.3. The van der Waals surface area contributed by atoms with Crippen molar-refractivity contribution in [1.29, 1.82) is 0 Å². The van der Waals surface area contributed by atoms with Crippen LogP contribution in [0, 0.1) is 0 Å². The molecule has 0 aliphatic rings. The molecule has 0 aliphatic heterocycles. The Morgan fingerprint density at radius 3 is 2.30 bits per heavy atom. The predicted octanol–water partition coefficient (Wildman–Crippen LogP) is 1.02. The highest BCUT2D eigenvalue weighted by Crippen LogP contribution is 2.18. The number of nitrogens with two attached hydrogens (primary N) is 1.